The van der Waals surface area contributed by atoms with E-state index in [1.807, 2.05) is 36.1 Å². The molecule has 1 aromatic rings. The lowest BCUT2D eigenvalue weighted by Gasteiger charge is -2.27. The zero-order valence-electron chi connectivity index (χ0n) is 11.8. The molecule has 108 valence electrons. The van der Waals surface area contributed by atoms with E-state index in [0.717, 1.165) is 37.4 Å². The second-order valence-corrected chi connectivity index (χ2v) is 5.05. The van der Waals surface area contributed by atoms with Gasteiger partial charge in [0.1, 0.15) is 0 Å². The first-order valence-electron chi connectivity index (χ1n) is 7.00. The molecule has 0 radical (unpaired) electrons. The van der Waals surface area contributed by atoms with Crippen LogP contribution in [0.4, 0.5) is 5.69 Å². The number of amides is 2. The van der Waals surface area contributed by atoms with Gasteiger partial charge in [-0.3, -0.25) is 9.59 Å². The van der Waals surface area contributed by atoms with E-state index in [0.29, 0.717) is 0 Å². The standard InChI is InChI=1S/C15H21N3O2/c1-12-3-2-4-13(11-12)17-14(19)5-6-15(20)18-9-7-16-8-10-18/h2-4,11,16H,5-10H2,1H3,(H,17,19). The lowest BCUT2D eigenvalue weighted by molar-refractivity contribution is -0.133. The van der Waals surface area contributed by atoms with Crippen molar-refractivity contribution in [2.75, 3.05) is 31.5 Å². The number of nitrogens with one attached hydrogen (secondary N) is 2. The molecule has 1 saturated heterocycles. The second-order valence-electron chi connectivity index (χ2n) is 5.05. The number of piperazine rings is 1. The Hall–Kier alpha value is -1.88. The average molecular weight is 275 g/mol. The van der Waals surface area contributed by atoms with Gasteiger partial charge < -0.3 is 15.5 Å². The molecule has 1 aliphatic rings. The topological polar surface area (TPSA) is 61.4 Å². The molecule has 0 unspecified atom stereocenters. The van der Waals surface area contributed by atoms with Gasteiger partial charge in [-0.25, -0.2) is 0 Å². The van der Waals surface area contributed by atoms with Gasteiger partial charge in [-0.15, -0.1) is 0 Å². The highest BCUT2D eigenvalue weighted by molar-refractivity contribution is 5.93. The largest absolute Gasteiger partial charge is 0.340 e. The summed E-state index contributed by atoms with van der Waals surface area (Å²) in [7, 11) is 0. The molecular weight excluding hydrogens is 254 g/mol. The Morgan fingerprint density at radius 2 is 2.00 bits per heavy atom. The molecule has 1 fully saturated rings. The lowest BCUT2D eigenvalue weighted by Crippen LogP contribution is -2.46. The van der Waals surface area contributed by atoms with Crippen molar-refractivity contribution in [2.45, 2.75) is 19.8 Å². The molecule has 2 amide bonds. The predicted octanol–water partition coefficient (Wildman–Crippen LogP) is 1.15. The maximum Gasteiger partial charge on any atom is 0.224 e. The Morgan fingerprint density at radius 1 is 1.25 bits per heavy atom. The molecule has 1 heterocycles. The van der Waals surface area contributed by atoms with Gasteiger partial charge in [-0.1, -0.05) is 12.1 Å². The van der Waals surface area contributed by atoms with Crippen LogP contribution in [0.3, 0.4) is 0 Å². The van der Waals surface area contributed by atoms with E-state index in [1.54, 1.807) is 0 Å². The Kier molecular flexibility index (Phi) is 5.12. The third-order valence-electron chi connectivity index (χ3n) is 3.34. The van der Waals surface area contributed by atoms with Gasteiger partial charge in [0.15, 0.2) is 0 Å². The molecule has 5 heteroatoms. The third kappa shape index (κ3) is 4.35. The monoisotopic (exact) mass is 275 g/mol. The number of carbonyl (C=O) groups is 2. The molecular formula is C15H21N3O2. The predicted molar refractivity (Wildman–Crippen MR) is 78.5 cm³/mol. The van der Waals surface area contributed by atoms with Gasteiger partial charge in [0.2, 0.25) is 11.8 Å². The zero-order valence-corrected chi connectivity index (χ0v) is 11.8. The van der Waals surface area contributed by atoms with E-state index in [9.17, 15) is 9.59 Å². The van der Waals surface area contributed by atoms with Crippen molar-refractivity contribution in [2.24, 2.45) is 0 Å². The highest BCUT2D eigenvalue weighted by Gasteiger charge is 2.16. The van der Waals surface area contributed by atoms with Crippen molar-refractivity contribution in [3.05, 3.63) is 29.8 Å². The molecule has 0 aliphatic carbocycles. The maximum atomic E-state index is 11.9. The summed E-state index contributed by atoms with van der Waals surface area (Å²) in [6.45, 7) is 5.11. The Balaban J connectivity index is 1.75. The van der Waals surface area contributed by atoms with Crippen LogP contribution in [0.1, 0.15) is 18.4 Å². The van der Waals surface area contributed by atoms with Crippen molar-refractivity contribution in [3.63, 3.8) is 0 Å². The minimum atomic E-state index is -0.112. The summed E-state index contributed by atoms with van der Waals surface area (Å²) in [4.78, 5) is 25.6. The number of nitrogens with zero attached hydrogens (tertiary/aromatic N) is 1. The van der Waals surface area contributed by atoms with E-state index >= 15 is 0 Å². The number of hydrogen-bond acceptors (Lipinski definition) is 3. The number of aryl methyl sites for hydroxylation is 1. The molecule has 20 heavy (non-hydrogen) atoms. The first-order valence-corrected chi connectivity index (χ1v) is 7.00. The van der Waals surface area contributed by atoms with Crippen molar-refractivity contribution < 1.29 is 9.59 Å². The van der Waals surface area contributed by atoms with Crippen LogP contribution in [0, 0.1) is 6.92 Å². The van der Waals surface area contributed by atoms with Crippen molar-refractivity contribution >= 4 is 17.5 Å². The Morgan fingerprint density at radius 3 is 2.70 bits per heavy atom. The fourth-order valence-electron chi connectivity index (χ4n) is 2.24. The molecule has 1 aliphatic heterocycles. The quantitative estimate of drug-likeness (QED) is 0.866. The van der Waals surface area contributed by atoms with Gasteiger partial charge in [0, 0.05) is 44.7 Å². The number of hydrogen-bond donors (Lipinski definition) is 2. The van der Waals surface area contributed by atoms with Crippen LogP contribution in [0.25, 0.3) is 0 Å². The van der Waals surface area contributed by atoms with Crippen molar-refractivity contribution in [3.8, 4) is 0 Å². The Labute approximate surface area is 119 Å². The van der Waals surface area contributed by atoms with E-state index in [2.05, 4.69) is 10.6 Å². The first-order chi connectivity index (χ1) is 9.65. The summed E-state index contributed by atoms with van der Waals surface area (Å²) in [5, 5.41) is 6.02. The van der Waals surface area contributed by atoms with Crippen molar-refractivity contribution in [1.29, 1.82) is 0 Å². The fourth-order valence-corrected chi connectivity index (χ4v) is 2.24. The number of carbonyl (C=O) groups excluding carboxylic acids is 2. The van der Waals surface area contributed by atoms with Gasteiger partial charge in [0.25, 0.3) is 0 Å². The van der Waals surface area contributed by atoms with Crippen LogP contribution in [0.15, 0.2) is 24.3 Å². The summed E-state index contributed by atoms with van der Waals surface area (Å²) in [5.41, 5.74) is 1.88. The second kappa shape index (κ2) is 7.05. The van der Waals surface area contributed by atoms with Crippen LogP contribution in [-0.4, -0.2) is 42.9 Å². The van der Waals surface area contributed by atoms with Crippen molar-refractivity contribution in [1.82, 2.24) is 10.2 Å². The molecule has 5 nitrogen and oxygen atoms in total. The number of benzene rings is 1. The fraction of sp³-hybridized carbons (Fsp3) is 0.467. The zero-order chi connectivity index (χ0) is 14.4. The van der Waals surface area contributed by atoms with Crippen LogP contribution >= 0.6 is 0 Å². The summed E-state index contributed by atoms with van der Waals surface area (Å²) < 4.78 is 0. The van der Waals surface area contributed by atoms with Crippen LogP contribution in [-0.2, 0) is 9.59 Å². The van der Waals surface area contributed by atoms with Gasteiger partial charge in [0.05, 0.1) is 0 Å². The van der Waals surface area contributed by atoms with Crippen LogP contribution in [0.2, 0.25) is 0 Å². The molecule has 1 aromatic carbocycles. The summed E-state index contributed by atoms with van der Waals surface area (Å²) in [6, 6.07) is 7.64. The smallest absolute Gasteiger partial charge is 0.224 e. The molecule has 0 aromatic heterocycles. The number of anilines is 1. The van der Waals surface area contributed by atoms with E-state index in [4.69, 9.17) is 0 Å². The van der Waals surface area contributed by atoms with E-state index in [1.165, 1.54) is 0 Å². The lowest BCUT2D eigenvalue weighted by atomic mass is 10.2. The maximum absolute atomic E-state index is 11.9. The first kappa shape index (κ1) is 14.5. The van der Waals surface area contributed by atoms with Crippen LogP contribution in [0.5, 0.6) is 0 Å². The highest BCUT2D eigenvalue weighted by Crippen LogP contribution is 2.10. The summed E-state index contributed by atoms with van der Waals surface area (Å²) >= 11 is 0. The van der Waals surface area contributed by atoms with Gasteiger partial charge in [-0.2, -0.15) is 0 Å². The van der Waals surface area contributed by atoms with Crippen LogP contribution < -0.4 is 10.6 Å². The molecule has 2 N–H and O–H groups in total. The minimum Gasteiger partial charge on any atom is -0.340 e. The molecule has 0 spiro atoms. The average Bonchev–Trinajstić information content (AvgIpc) is 2.46. The van der Waals surface area contributed by atoms with Gasteiger partial charge in [-0.05, 0) is 24.6 Å². The minimum absolute atomic E-state index is 0.0610. The highest BCUT2D eigenvalue weighted by atomic mass is 16.2. The molecule has 0 saturated carbocycles. The van der Waals surface area contributed by atoms with Gasteiger partial charge >= 0.3 is 0 Å². The molecule has 0 bridgehead atoms. The normalized spacial score (nSPS) is 14.9. The Bertz CT molecular complexity index is 482. The molecule has 2 rings (SSSR count). The van der Waals surface area contributed by atoms with E-state index < -0.39 is 0 Å². The van der Waals surface area contributed by atoms with E-state index in [-0.39, 0.29) is 24.7 Å². The molecule has 0 atom stereocenters. The SMILES string of the molecule is Cc1cccc(NC(=O)CCC(=O)N2CCNCC2)c1. The summed E-state index contributed by atoms with van der Waals surface area (Å²) in [6.07, 6.45) is 0.508. The number of rotatable bonds is 4. The third-order valence-corrected chi connectivity index (χ3v) is 3.34. The summed E-state index contributed by atoms with van der Waals surface area (Å²) in [5.74, 6) is -0.0509.